The van der Waals surface area contributed by atoms with E-state index in [9.17, 15) is 8.78 Å². The van der Waals surface area contributed by atoms with Crippen LogP contribution in [0.1, 0.15) is 39.2 Å². The highest BCUT2D eigenvalue weighted by Crippen LogP contribution is 2.36. The molecule has 2 rings (SSSR count). The molecule has 1 atom stereocenters. The molecule has 1 aliphatic rings. The second-order valence-corrected chi connectivity index (χ2v) is 6.37. The normalized spacial score (nSPS) is 16.6. The smallest absolute Gasteiger partial charge is 0.149 e. The maximum absolute atomic E-state index is 14.3. The second kappa shape index (κ2) is 6.08. The third-order valence-corrected chi connectivity index (χ3v) is 3.47. The number of nitrogens with zero attached hydrogens (tertiary/aromatic N) is 1. The lowest BCUT2D eigenvalue weighted by molar-refractivity contribution is 0.541. The summed E-state index contributed by atoms with van der Waals surface area (Å²) in [7, 11) is 0. The first-order valence-electron chi connectivity index (χ1n) is 7.38. The number of hydrogen-bond acceptors (Lipinski definition) is 2. The molecule has 1 aromatic rings. The van der Waals surface area contributed by atoms with Crippen LogP contribution in [0.3, 0.4) is 0 Å². The second-order valence-electron chi connectivity index (χ2n) is 6.37. The minimum atomic E-state index is -0.465. The Morgan fingerprint density at radius 2 is 1.75 bits per heavy atom. The van der Waals surface area contributed by atoms with Crippen LogP contribution >= 0.6 is 0 Å². The highest BCUT2D eigenvalue weighted by molar-refractivity contribution is 5.52. The van der Waals surface area contributed by atoms with E-state index in [4.69, 9.17) is 5.73 Å². The van der Waals surface area contributed by atoms with Gasteiger partial charge in [-0.15, -0.1) is 0 Å². The van der Waals surface area contributed by atoms with Gasteiger partial charge in [0.05, 0.1) is 0 Å². The van der Waals surface area contributed by atoms with Crippen molar-refractivity contribution in [3.8, 4) is 0 Å². The molecule has 0 amide bonds. The van der Waals surface area contributed by atoms with E-state index < -0.39 is 11.6 Å². The monoisotopic (exact) mass is 282 g/mol. The van der Waals surface area contributed by atoms with Crippen LogP contribution in [0.25, 0.3) is 0 Å². The van der Waals surface area contributed by atoms with Gasteiger partial charge in [0.2, 0.25) is 0 Å². The van der Waals surface area contributed by atoms with Crippen molar-refractivity contribution in [1.82, 2.24) is 0 Å². The zero-order valence-electron chi connectivity index (χ0n) is 12.5. The van der Waals surface area contributed by atoms with Gasteiger partial charge in [0, 0.05) is 18.6 Å². The molecule has 1 aromatic carbocycles. The number of halogens is 2. The van der Waals surface area contributed by atoms with Crippen molar-refractivity contribution in [2.75, 3.05) is 11.4 Å². The first-order valence-corrected chi connectivity index (χ1v) is 7.38. The predicted octanol–water partition coefficient (Wildman–Crippen LogP) is 3.48. The van der Waals surface area contributed by atoms with Crippen LogP contribution in [0.5, 0.6) is 0 Å². The maximum atomic E-state index is 14.3. The first kappa shape index (κ1) is 15.2. The van der Waals surface area contributed by atoms with Gasteiger partial charge < -0.3 is 10.6 Å². The standard InChI is InChI=1S/C16H24F2N2/c1-10(2)9-20(13-4-5-13)16-14(17)7-12(6-11(3)19)8-15(16)18/h7-8,10-11,13H,4-6,9,19H2,1-3H3. The molecular weight excluding hydrogens is 258 g/mol. The molecular formula is C16H24F2N2. The Bertz CT molecular complexity index is 445. The van der Waals surface area contributed by atoms with E-state index in [0.717, 1.165) is 12.8 Å². The van der Waals surface area contributed by atoms with Gasteiger partial charge in [0.15, 0.2) is 0 Å². The van der Waals surface area contributed by atoms with Crippen LogP contribution in [0, 0.1) is 17.6 Å². The quantitative estimate of drug-likeness (QED) is 0.865. The molecule has 1 unspecified atom stereocenters. The number of hydrogen-bond donors (Lipinski definition) is 1. The van der Waals surface area contributed by atoms with Gasteiger partial charge in [-0.1, -0.05) is 13.8 Å². The minimum Gasteiger partial charge on any atom is -0.364 e. The fourth-order valence-corrected chi connectivity index (χ4v) is 2.58. The summed E-state index contributed by atoms with van der Waals surface area (Å²) in [4.78, 5) is 1.89. The summed E-state index contributed by atoms with van der Waals surface area (Å²) in [5.41, 5.74) is 6.45. The third-order valence-electron chi connectivity index (χ3n) is 3.47. The van der Waals surface area contributed by atoms with Crippen molar-refractivity contribution in [3.63, 3.8) is 0 Å². The Morgan fingerprint density at radius 3 is 2.15 bits per heavy atom. The van der Waals surface area contributed by atoms with E-state index in [1.54, 1.807) is 0 Å². The molecule has 0 aliphatic heterocycles. The molecule has 0 spiro atoms. The van der Waals surface area contributed by atoms with E-state index >= 15 is 0 Å². The van der Waals surface area contributed by atoms with Crippen molar-refractivity contribution in [3.05, 3.63) is 29.3 Å². The Labute approximate surface area is 120 Å². The number of rotatable bonds is 6. The molecule has 2 nitrogen and oxygen atoms in total. The zero-order chi connectivity index (χ0) is 14.9. The molecule has 0 heterocycles. The molecule has 20 heavy (non-hydrogen) atoms. The highest BCUT2D eigenvalue weighted by Gasteiger charge is 2.33. The molecule has 1 saturated carbocycles. The van der Waals surface area contributed by atoms with Gasteiger partial charge in [0.25, 0.3) is 0 Å². The summed E-state index contributed by atoms with van der Waals surface area (Å²) < 4.78 is 28.7. The van der Waals surface area contributed by atoms with E-state index in [-0.39, 0.29) is 11.7 Å². The molecule has 0 bridgehead atoms. The van der Waals surface area contributed by atoms with Crippen molar-refractivity contribution >= 4 is 5.69 Å². The summed E-state index contributed by atoms with van der Waals surface area (Å²) in [5, 5.41) is 0. The van der Waals surface area contributed by atoms with Crippen molar-refractivity contribution in [1.29, 1.82) is 0 Å². The lowest BCUT2D eigenvalue weighted by Gasteiger charge is -2.27. The maximum Gasteiger partial charge on any atom is 0.149 e. The zero-order valence-corrected chi connectivity index (χ0v) is 12.5. The number of nitrogens with two attached hydrogens (primary N) is 1. The average Bonchev–Trinajstić information content (AvgIpc) is 3.08. The van der Waals surface area contributed by atoms with Crippen LogP contribution < -0.4 is 10.6 Å². The third kappa shape index (κ3) is 3.69. The van der Waals surface area contributed by atoms with Crippen molar-refractivity contribution < 1.29 is 8.78 Å². The summed E-state index contributed by atoms with van der Waals surface area (Å²) in [6, 6.07) is 3.05. The van der Waals surface area contributed by atoms with E-state index in [0.29, 0.717) is 30.5 Å². The lowest BCUT2D eigenvalue weighted by Crippen LogP contribution is -2.31. The topological polar surface area (TPSA) is 29.3 Å². The van der Waals surface area contributed by atoms with E-state index in [1.165, 1.54) is 12.1 Å². The van der Waals surface area contributed by atoms with Crippen LogP contribution in [0.15, 0.2) is 12.1 Å². The summed E-state index contributed by atoms with van der Waals surface area (Å²) in [5.74, 6) is -0.556. The largest absolute Gasteiger partial charge is 0.364 e. The fourth-order valence-electron chi connectivity index (χ4n) is 2.58. The molecule has 0 aromatic heterocycles. The van der Waals surface area contributed by atoms with Gasteiger partial charge in [-0.3, -0.25) is 0 Å². The summed E-state index contributed by atoms with van der Waals surface area (Å²) >= 11 is 0. The fraction of sp³-hybridized carbons (Fsp3) is 0.625. The minimum absolute atomic E-state index is 0.102. The Morgan fingerprint density at radius 1 is 1.20 bits per heavy atom. The van der Waals surface area contributed by atoms with Crippen molar-refractivity contribution in [2.45, 2.75) is 52.1 Å². The summed E-state index contributed by atoms with van der Waals surface area (Å²) in [6.07, 6.45) is 2.53. The SMILES string of the molecule is CC(C)CN(c1c(F)cc(CC(C)N)cc1F)C1CC1. The predicted molar refractivity (Wildman–Crippen MR) is 78.9 cm³/mol. The first-order chi connectivity index (χ1) is 9.38. The molecule has 0 radical (unpaired) electrons. The summed E-state index contributed by atoms with van der Waals surface area (Å²) in [6.45, 7) is 6.65. The number of benzene rings is 1. The van der Waals surface area contributed by atoms with Gasteiger partial charge in [-0.05, 0) is 49.8 Å². The Hall–Kier alpha value is -1.16. The van der Waals surface area contributed by atoms with Gasteiger partial charge in [-0.2, -0.15) is 0 Å². The van der Waals surface area contributed by atoms with Crippen LogP contribution in [-0.2, 0) is 6.42 Å². The van der Waals surface area contributed by atoms with Crippen molar-refractivity contribution in [2.24, 2.45) is 11.7 Å². The highest BCUT2D eigenvalue weighted by atomic mass is 19.1. The molecule has 4 heteroatoms. The van der Waals surface area contributed by atoms with E-state index in [2.05, 4.69) is 13.8 Å². The Balaban J connectivity index is 2.30. The van der Waals surface area contributed by atoms with E-state index in [1.807, 2.05) is 11.8 Å². The molecule has 1 fully saturated rings. The van der Waals surface area contributed by atoms with Crippen LogP contribution in [0.2, 0.25) is 0 Å². The number of anilines is 1. The van der Waals surface area contributed by atoms with Crippen LogP contribution in [0.4, 0.5) is 14.5 Å². The van der Waals surface area contributed by atoms with Crippen LogP contribution in [-0.4, -0.2) is 18.6 Å². The lowest BCUT2D eigenvalue weighted by atomic mass is 10.1. The molecule has 1 aliphatic carbocycles. The average molecular weight is 282 g/mol. The van der Waals surface area contributed by atoms with Gasteiger partial charge in [0.1, 0.15) is 17.3 Å². The Kier molecular flexibility index (Phi) is 4.63. The molecule has 0 saturated heterocycles. The molecule has 112 valence electrons. The van der Waals surface area contributed by atoms with Gasteiger partial charge in [-0.25, -0.2) is 8.78 Å². The van der Waals surface area contributed by atoms with Gasteiger partial charge >= 0.3 is 0 Å². The molecule has 2 N–H and O–H groups in total.